The molecule has 2 N–H and O–H groups in total. The molecule has 29 heavy (non-hydrogen) atoms. The van der Waals surface area contributed by atoms with Crippen molar-refractivity contribution in [1.29, 1.82) is 0 Å². The van der Waals surface area contributed by atoms with E-state index in [9.17, 15) is 14.4 Å². The third kappa shape index (κ3) is 5.20. The first-order chi connectivity index (χ1) is 14.0. The fourth-order valence-corrected chi connectivity index (χ4v) is 3.32. The number of nitrogens with one attached hydrogen (secondary N) is 2. The predicted octanol–water partition coefficient (Wildman–Crippen LogP) is 1.37. The minimum atomic E-state index is -0.503. The van der Waals surface area contributed by atoms with Gasteiger partial charge in [0.1, 0.15) is 0 Å². The topological polar surface area (TPSA) is 87.2 Å². The third-order valence-corrected chi connectivity index (χ3v) is 5.05. The Kier molecular flexibility index (Phi) is 6.61. The molecule has 0 bridgehead atoms. The molecule has 0 spiro atoms. The Morgan fingerprint density at radius 2 is 1.76 bits per heavy atom. The maximum absolute atomic E-state index is 12.4. The number of amides is 1. The Morgan fingerprint density at radius 1 is 1.07 bits per heavy atom. The van der Waals surface area contributed by atoms with Crippen LogP contribution in [0.25, 0.3) is 10.9 Å². The lowest BCUT2D eigenvalue weighted by Gasteiger charge is -2.25. The zero-order chi connectivity index (χ0) is 20.8. The Balaban J connectivity index is 1.62. The number of aromatic amines is 1. The number of carbonyl (C=O) groups excluding carboxylic acids is 1. The van der Waals surface area contributed by atoms with Crippen molar-refractivity contribution in [3.05, 3.63) is 81.0 Å². The molecule has 3 aromatic rings. The van der Waals surface area contributed by atoms with Gasteiger partial charge in [-0.15, -0.1) is 0 Å². The van der Waals surface area contributed by atoms with Crippen LogP contribution in [0.5, 0.6) is 0 Å². The molecule has 0 aliphatic rings. The molecule has 2 aromatic carbocycles. The molecule has 0 saturated heterocycles. The summed E-state index contributed by atoms with van der Waals surface area (Å²) in [5.41, 5.74) is 0.828. The Bertz CT molecular complexity index is 1090. The number of likely N-dealkylation sites (N-methyl/N-ethyl adjacent to an activating group) is 1. The first kappa shape index (κ1) is 20.5. The average molecular weight is 394 g/mol. The Morgan fingerprint density at radius 3 is 2.48 bits per heavy atom. The van der Waals surface area contributed by atoms with Crippen LogP contribution < -0.4 is 16.6 Å². The van der Waals surface area contributed by atoms with Gasteiger partial charge in [-0.25, -0.2) is 4.79 Å². The third-order valence-electron chi connectivity index (χ3n) is 5.05. The van der Waals surface area contributed by atoms with E-state index in [-0.39, 0.29) is 24.9 Å². The fourth-order valence-electron chi connectivity index (χ4n) is 3.32. The Hall–Kier alpha value is -3.19. The van der Waals surface area contributed by atoms with Gasteiger partial charge in [0.05, 0.1) is 10.9 Å². The van der Waals surface area contributed by atoms with Crippen LogP contribution >= 0.6 is 0 Å². The number of fused-ring (bicyclic) bond motifs is 1. The Labute approximate surface area is 169 Å². The van der Waals surface area contributed by atoms with E-state index in [0.29, 0.717) is 17.4 Å². The minimum Gasteiger partial charge on any atom is -0.354 e. The van der Waals surface area contributed by atoms with Crippen molar-refractivity contribution in [1.82, 2.24) is 19.8 Å². The van der Waals surface area contributed by atoms with Crippen LogP contribution in [-0.2, 0) is 17.8 Å². The summed E-state index contributed by atoms with van der Waals surface area (Å²) < 4.78 is 1.43. The van der Waals surface area contributed by atoms with Crippen LogP contribution in [0.4, 0.5) is 0 Å². The van der Waals surface area contributed by atoms with Gasteiger partial charge in [0.25, 0.3) is 5.56 Å². The molecule has 1 atom stereocenters. The summed E-state index contributed by atoms with van der Waals surface area (Å²) in [6.45, 7) is 0.718. The molecule has 7 heteroatoms. The highest BCUT2D eigenvalue weighted by Gasteiger charge is 2.14. The summed E-state index contributed by atoms with van der Waals surface area (Å²) in [7, 11) is 3.98. The maximum atomic E-state index is 12.4. The van der Waals surface area contributed by atoms with Crippen LogP contribution in [0.2, 0.25) is 0 Å². The van der Waals surface area contributed by atoms with E-state index in [0.717, 1.165) is 6.42 Å². The van der Waals surface area contributed by atoms with Crippen LogP contribution in [0.15, 0.2) is 64.2 Å². The normalized spacial score (nSPS) is 12.2. The van der Waals surface area contributed by atoms with Crippen LogP contribution in [-0.4, -0.2) is 47.0 Å². The van der Waals surface area contributed by atoms with E-state index in [4.69, 9.17) is 0 Å². The summed E-state index contributed by atoms with van der Waals surface area (Å²) in [5.74, 6) is -0.132. The number of aryl methyl sites for hydroxylation is 1. The summed E-state index contributed by atoms with van der Waals surface area (Å²) in [5, 5.41) is 3.40. The lowest BCUT2D eigenvalue weighted by molar-refractivity contribution is -0.121. The number of aromatic nitrogens is 2. The van der Waals surface area contributed by atoms with Crippen molar-refractivity contribution in [2.45, 2.75) is 25.4 Å². The van der Waals surface area contributed by atoms with Gasteiger partial charge in [-0.1, -0.05) is 42.5 Å². The molecule has 0 saturated carbocycles. The molecule has 1 aromatic heterocycles. The smallest absolute Gasteiger partial charge is 0.328 e. The molecule has 1 amide bonds. The highest BCUT2D eigenvalue weighted by Crippen LogP contribution is 2.08. The zero-order valence-corrected chi connectivity index (χ0v) is 16.7. The number of benzene rings is 2. The second-order valence-electron chi connectivity index (χ2n) is 7.29. The van der Waals surface area contributed by atoms with Crippen molar-refractivity contribution >= 4 is 16.8 Å². The highest BCUT2D eigenvalue weighted by atomic mass is 16.2. The summed E-state index contributed by atoms with van der Waals surface area (Å²) in [6.07, 6.45) is 0.986. The first-order valence-corrected chi connectivity index (χ1v) is 9.64. The van der Waals surface area contributed by atoms with E-state index < -0.39 is 11.2 Å². The van der Waals surface area contributed by atoms with Gasteiger partial charge in [0.2, 0.25) is 5.91 Å². The van der Waals surface area contributed by atoms with Gasteiger partial charge in [0, 0.05) is 25.6 Å². The number of nitrogens with zero attached hydrogens (tertiary/aromatic N) is 2. The van der Waals surface area contributed by atoms with Gasteiger partial charge >= 0.3 is 5.69 Å². The van der Waals surface area contributed by atoms with Crippen molar-refractivity contribution in [3.63, 3.8) is 0 Å². The minimum absolute atomic E-state index is 0.132. The molecule has 0 aliphatic heterocycles. The molecule has 0 radical (unpaired) electrons. The molecule has 3 rings (SSSR count). The van der Waals surface area contributed by atoms with Crippen molar-refractivity contribution in [2.24, 2.45) is 0 Å². The second kappa shape index (κ2) is 9.34. The van der Waals surface area contributed by atoms with Gasteiger partial charge in [0.15, 0.2) is 0 Å². The van der Waals surface area contributed by atoms with E-state index >= 15 is 0 Å². The fraction of sp³-hybridized carbons (Fsp3) is 0.318. The SMILES string of the molecule is CN(C)C(CNC(=O)CCn1c(=O)[nH]c(=O)c2ccccc21)Cc1ccccc1. The van der Waals surface area contributed by atoms with Crippen molar-refractivity contribution < 1.29 is 4.79 Å². The summed E-state index contributed by atoms with van der Waals surface area (Å²) in [6, 6.07) is 17.2. The second-order valence-corrected chi connectivity index (χ2v) is 7.29. The number of rotatable bonds is 8. The molecule has 0 aliphatic carbocycles. The number of H-pyrrole nitrogens is 1. The molecule has 7 nitrogen and oxygen atoms in total. The summed E-state index contributed by atoms with van der Waals surface area (Å²) in [4.78, 5) is 40.9. The quantitative estimate of drug-likeness (QED) is 0.604. The number of carbonyl (C=O) groups is 1. The van der Waals surface area contributed by atoms with Crippen LogP contribution in [0.3, 0.4) is 0 Å². The molecule has 1 unspecified atom stereocenters. The monoisotopic (exact) mass is 394 g/mol. The highest BCUT2D eigenvalue weighted by molar-refractivity contribution is 5.78. The largest absolute Gasteiger partial charge is 0.354 e. The van der Waals surface area contributed by atoms with Crippen molar-refractivity contribution in [3.8, 4) is 0 Å². The number of para-hydroxylation sites is 1. The lowest BCUT2D eigenvalue weighted by atomic mass is 10.1. The predicted molar refractivity (Wildman–Crippen MR) is 114 cm³/mol. The molecule has 0 fully saturated rings. The van der Waals surface area contributed by atoms with Crippen LogP contribution in [0.1, 0.15) is 12.0 Å². The van der Waals surface area contributed by atoms with E-state index in [1.165, 1.54) is 10.1 Å². The first-order valence-electron chi connectivity index (χ1n) is 9.64. The van der Waals surface area contributed by atoms with Crippen LogP contribution in [0, 0.1) is 0 Å². The average Bonchev–Trinajstić information content (AvgIpc) is 2.71. The number of hydrogen-bond donors (Lipinski definition) is 2. The van der Waals surface area contributed by atoms with Crippen molar-refractivity contribution in [2.75, 3.05) is 20.6 Å². The van der Waals surface area contributed by atoms with E-state index in [1.54, 1.807) is 24.3 Å². The molecule has 1 heterocycles. The van der Waals surface area contributed by atoms with Gasteiger partial charge < -0.3 is 10.2 Å². The zero-order valence-electron chi connectivity index (χ0n) is 16.7. The summed E-state index contributed by atoms with van der Waals surface area (Å²) >= 11 is 0. The van der Waals surface area contributed by atoms with E-state index in [1.807, 2.05) is 32.3 Å². The molecule has 152 valence electrons. The maximum Gasteiger partial charge on any atom is 0.328 e. The van der Waals surface area contributed by atoms with Gasteiger partial charge in [-0.3, -0.25) is 19.1 Å². The number of hydrogen-bond acceptors (Lipinski definition) is 4. The van der Waals surface area contributed by atoms with E-state index in [2.05, 4.69) is 27.3 Å². The molecular formula is C22H26N4O3. The van der Waals surface area contributed by atoms with Gasteiger partial charge in [-0.2, -0.15) is 0 Å². The standard InChI is InChI=1S/C22H26N4O3/c1-25(2)17(14-16-8-4-3-5-9-16)15-23-20(27)12-13-26-19-11-7-6-10-18(19)21(28)24-22(26)29/h3-11,17H,12-15H2,1-2H3,(H,23,27)(H,24,28,29). The van der Waals surface area contributed by atoms with Gasteiger partial charge in [-0.05, 0) is 38.2 Å². The molecular weight excluding hydrogens is 368 g/mol. The lowest BCUT2D eigenvalue weighted by Crippen LogP contribution is -2.42.